The Kier molecular flexibility index (Phi) is 8.83. The summed E-state index contributed by atoms with van der Waals surface area (Å²) in [4.78, 5) is 19.2. The zero-order valence-corrected chi connectivity index (χ0v) is 21.1. The van der Waals surface area contributed by atoms with Crippen molar-refractivity contribution in [3.05, 3.63) is 83.1 Å². The number of pyridine rings is 1. The van der Waals surface area contributed by atoms with Crippen molar-refractivity contribution in [3.8, 4) is 28.7 Å². The van der Waals surface area contributed by atoms with Gasteiger partial charge in [-0.15, -0.1) is 0 Å². The Hall–Kier alpha value is -3.53. The normalized spacial score (nSPS) is 14.1. The molecule has 1 saturated heterocycles. The molecule has 1 aliphatic rings. The number of benzene rings is 2. The molecule has 36 heavy (non-hydrogen) atoms. The fourth-order valence-electron chi connectivity index (χ4n) is 4.20. The lowest BCUT2D eigenvalue weighted by Gasteiger charge is -2.33. The molecule has 0 bridgehead atoms. The van der Waals surface area contributed by atoms with Gasteiger partial charge in [0.1, 0.15) is 18.1 Å². The SMILES string of the molecule is CN(CC1CCN(CCOc2ccc(C#Cc3ccc(-c4ccc(Cl)cc4)cn3)cc2)CC1)C(=O)O. The topological polar surface area (TPSA) is 65.9 Å². The van der Waals surface area contributed by atoms with Gasteiger partial charge in [-0.05, 0) is 85.8 Å². The van der Waals surface area contributed by atoms with Gasteiger partial charge in [0.05, 0.1) is 0 Å². The van der Waals surface area contributed by atoms with E-state index >= 15 is 0 Å². The highest BCUT2D eigenvalue weighted by molar-refractivity contribution is 6.30. The third kappa shape index (κ3) is 7.48. The molecule has 3 aromatic rings. The van der Waals surface area contributed by atoms with E-state index in [0.29, 0.717) is 29.8 Å². The molecule has 4 rings (SSSR count). The Bertz CT molecular complexity index is 1190. The molecule has 2 aromatic carbocycles. The van der Waals surface area contributed by atoms with Crippen LogP contribution in [-0.2, 0) is 0 Å². The average molecular weight is 504 g/mol. The van der Waals surface area contributed by atoms with Crippen LogP contribution in [0.2, 0.25) is 5.02 Å². The molecular formula is C29H30ClN3O3. The molecule has 0 spiro atoms. The number of ether oxygens (including phenoxy) is 1. The molecule has 1 N–H and O–H groups in total. The second kappa shape index (κ2) is 12.4. The van der Waals surface area contributed by atoms with Crippen LogP contribution in [0.25, 0.3) is 11.1 Å². The van der Waals surface area contributed by atoms with Gasteiger partial charge in [0, 0.05) is 42.5 Å². The summed E-state index contributed by atoms with van der Waals surface area (Å²) in [6, 6.07) is 19.4. The van der Waals surface area contributed by atoms with Crippen LogP contribution in [0.4, 0.5) is 4.79 Å². The lowest BCUT2D eigenvalue weighted by atomic mass is 9.96. The van der Waals surface area contributed by atoms with Crippen molar-refractivity contribution < 1.29 is 14.6 Å². The van der Waals surface area contributed by atoms with Crippen molar-refractivity contribution in [3.63, 3.8) is 0 Å². The van der Waals surface area contributed by atoms with Crippen LogP contribution in [0.3, 0.4) is 0 Å². The van der Waals surface area contributed by atoms with E-state index in [9.17, 15) is 4.79 Å². The highest BCUT2D eigenvalue weighted by Gasteiger charge is 2.21. The Labute approximate surface area is 217 Å². The van der Waals surface area contributed by atoms with E-state index in [4.69, 9.17) is 21.4 Å². The fourth-order valence-corrected chi connectivity index (χ4v) is 4.33. The molecule has 2 heterocycles. The van der Waals surface area contributed by atoms with E-state index in [-0.39, 0.29) is 0 Å². The molecule has 0 aliphatic carbocycles. The van der Waals surface area contributed by atoms with Gasteiger partial charge < -0.3 is 14.7 Å². The van der Waals surface area contributed by atoms with Crippen molar-refractivity contribution in [1.29, 1.82) is 0 Å². The maximum absolute atomic E-state index is 11.0. The lowest BCUT2D eigenvalue weighted by Crippen LogP contribution is -2.40. The first-order valence-corrected chi connectivity index (χ1v) is 12.5. The molecule has 0 atom stereocenters. The molecule has 1 fully saturated rings. The first-order chi connectivity index (χ1) is 17.5. The van der Waals surface area contributed by atoms with Gasteiger partial charge >= 0.3 is 6.09 Å². The number of hydrogen-bond acceptors (Lipinski definition) is 4. The van der Waals surface area contributed by atoms with Crippen LogP contribution in [0.15, 0.2) is 66.9 Å². The molecule has 0 saturated carbocycles. The van der Waals surface area contributed by atoms with E-state index < -0.39 is 6.09 Å². The number of rotatable bonds is 7. The van der Waals surface area contributed by atoms with Gasteiger partial charge in [-0.1, -0.05) is 35.7 Å². The minimum Gasteiger partial charge on any atom is -0.492 e. The summed E-state index contributed by atoms with van der Waals surface area (Å²) in [7, 11) is 1.64. The first-order valence-electron chi connectivity index (χ1n) is 12.1. The molecule has 1 aliphatic heterocycles. The third-order valence-electron chi connectivity index (χ3n) is 6.37. The summed E-state index contributed by atoms with van der Waals surface area (Å²) in [6.45, 7) is 4.05. The van der Waals surface area contributed by atoms with Gasteiger partial charge in [-0.2, -0.15) is 0 Å². The van der Waals surface area contributed by atoms with E-state index in [1.54, 1.807) is 7.05 Å². The van der Waals surface area contributed by atoms with E-state index in [1.165, 1.54) is 4.90 Å². The Morgan fingerprint density at radius 1 is 1.06 bits per heavy atom. The number of hydrogen-bond donors (Lipinski definition) is 1. The minimum absolute atomic E-state index is 0.438. The Morgan fingerprint density at radius 3 is 2.39 bits per heavy atom. The number of carboxylic acid groups (broad SMARTS) is 1. The van der Waals surface area contributed by atoms with Gasteiger partial charge in [0.2, 0.25) is 0 Å². The van der Waals surface area contributed by atoms with Crippen molar-refractivity contribution in [1.82, 2.24) is 14.8 Å². The predicted octanol–water partition coefficient (Wildman–Crippen LogP) is 5.50. The Balaban J connectivity index is 1.20. The number of amides is 1. The van der Waals surface area contributed by atoms with Crippen molar-refractivity contribution in [2.45, 2.75) is 12.8 Å². The molecule has 1 amide bonds. The van der Waals surface area contributed by atoms with Gasteiger partial charge in [0.15, 0.2) is 0 Å². The molecule has 0 radical (unpaired) electrons. The molecule has 6 nitrogen and oxygen atoms in total. The van der Waals surface area contributed by atoms with Crippen LogP contribution in [0.5, 0.6) is 5.75 Å². The van der Waals surface area contributed by atoms with E-state index in [1.807, 2.05) is 66.9 Å². The highest BCUT2D eigenvalue weighted by Crippen LogP contribution is 2.21. The number of halogens is 1. The van der Waals surface area contributed by atoms with Gasteiger partial charge in [-0.3, -0.25) is 4.90 Å². The van der Waals surface area contributed by atoms with Gasteiger partial charge in [-0.25, -0.2) is 9.78 Å². The predicted molar refractivity (Wildman–Crippen MR) is 142 cm³/mol. The van der Waals surface area contributed by atoms with Crippen LogP contribution in [0.1, 0.15) is 24.1 Å². The third-order valence-corrected chi connectivity index (χ3v) is 6.62. The smallest absolute Gasteiger partial charge is 0.407 e. The quantitative estimate of drug-likeness (QED) is 0.431. The summed E-state index contributed by atoms with van der Waals surface area (Å²) >= 11 is 5.96. The second-order valence-electron chi connectivity index (χ2n) is 9.01. The van der Waals surface area contributed by atoms with Crippen molar-refractivity contribution >= 4 is 17.7 Å². The maximum Gasteiger partial charge on any atom is 0.407 e. The summed E-state index contributed by atoms with van der Waals surface area (Å²) in [5.74, 6) is 7.53. The first kappa shape index (κ1) is 25.6. The van der Waals surface area contributed by atoms with Crippen molar-refractivity contribution in [2.24, 2.45) is 5.92 Å². The fraction of sp³-hybridized carbons (Fsp3) is 0.310. The molecular weight excluding hydrogens is 474 g/mol. The molecule has 1 aromatic heterocycles. The van der Waals surface area contributed by atoms with Crippen LogP contribution >= 0.6 is 11.6 Å². The lowest BCUT2D eigenvalue weighted by molar-refractivity contribution is 0.121. The molecule has 7 heteroatoms. The van der Waals surface area contributed by atoms with Crippen LogP contribution in [0, 0.1) is 17.8 Å². The zero-order chi connectivity index (χ0) is 25.3. The number of nitrogens with zero attached hydrogens (tertiary/aromatic N) is 3. The monoisotopic (exact) mass is 503 g/mol. The number of carbonyl (C=O) groups is 1. The maximum atomic E-state index is 11.0. The van der Waals surface area contributed by atoms with Gasteiger partial charge in [0.25, 0.3) is 0 Å². The zero-order valence-electron chi connectivity index (χ0n) is 20.4. The summed E-state index contributed by atoms with van der Waals surface area (Å²) < 4.78 is 5.92. The van der Waals surface area contributed by atoms with Crippen LogP contribution < -0.4 is 4.74 Å². The minimum atomic E-state index is -0.858. The average Bonchev–Trinajstić information content (AvgIpc) is 2.90. The molecule has 186 valence electrons. The van der Waals surface area contributed by atoms with E-state index in [0.717, 1.165) is 54.9 Å². The summed E-state index contributed by atoms with van der Waals surface area (Å²) in [5.41, 5.74) is 3.70. The number of piperidine rings is 1. The summed E-state index contributed by atoms with van der Waals surface area (Å²) in [6.07, 6.45) is 3.00. The van der Waals surface area contributed by atoms with E-state index in [2.05, 4.69) is 21.7 Å². The van der Waals surface area contributed by atoms with Crippen molar-refractivity contribution in [2.75, 3.05) is 39.8 Å². The number of aromatic nitrogens is 1. The van der Waals surface area contributed by atoms with Crippen LogP contribution in [-0.4, -0.2) is 65.8 Å². The summed E-state index contributed by atoms with van der Waals surface area (Å²) in [5, 5.41) is 9.74. The largest absolute Gasteiger partial charge is 0.492 e. The standard InChI is InChI=1S/C29H30ClN3O3/c1-32(29(34)35)21-23-14-16-33(17-15-23)18-19-36-28-12-3-22(4-13-28)2-10-27-11-7-25(20-31-27)24-5-8-26(30)9-6-24/h3-9,11-13,20,23H,14-19,21H2,1H3,(H,34,35). The Morgan fingerprint density at radius 2 is 1.75 bits per heavy atom. The number of likely N-dealkylation sites (tertiary alicyclic amines) is 1. The second-order valence-corrected chi connectivity index (χ2v) is 9.45. The highest BCUT2D eigenvalue weighted by atomic mass is 35.5. The molecule has 0 unspecified atom stereocenters.